The van der Waals surface area contributed by atoms with E-state index < -0.39 is 36.0 Å². The Balaban J connectivity index is 2.45. The SMILES string of the molecule is CCSC1=C(C(=O)O)N2C(=O)C(C(C)O)[C@@H]2C1NC(C)=O. The standard InChI is InChI=1S/C13H18N2O5S/c1-4-21-11-8(14-6(3)17)9-7(5(2)16)12(18)15(9)10(11)13(19)20/h5,7-9,16H,4H2,1-3H3,(H,14,17)(H,19,20)/t5?,7?,8?,9-/m1/s1. The fourth-order valence-corrected chi connectivity index (χ4v) is 3.96. The van der Waals surface area contributed by atoms with Gasteiger partial charge in [-0.3, -0.25) is 14.5 Å². The number of fused-ring (bicyclic) bond motifs is 1. The number of aliphatic carboxylic acids is 1. The van der Waals surface area contributed by atoms with Gasteiger partial charge in [0.15, 0.2) is 0 Å². The number of hydrogen-bond acceptors (Lipinski definition) is 5. The summed E-state index contributed by atoms with van der Waals surface area (Å²) in [6, 6.07) is -1.10. The lowest BCUT2D eigenvalue weighted by Gasteiger charge is -2.46. The number of aliphatic hydroxyl groups excluding tert-OH is 1. The van der Waals surface area contributed by atoms with E-state index in [1.165, 1.54) is 30.5 Å². The van der Waals surface area contributed by atoms with Crippen molar-refractivity contribution >= 4 is 29.5 Å². The van der Waals surface area contributed by atoms with Crippen LogP contribution in [0.3, 0.4) is 0 Å². The highest BCUT2D eigenvalue weighted by atomic mass is 32.2. The number of hydrogen-bond donors (Lipinski definition) is 3. The van der Waals surface area contributed by atoms with Gasteiger partial charge >= 0.3 is 5.97 Å². The minimum atomic E-state index is -1.19. The van der Waals surface area contributed by atoms with Crippen LogP contribution < -0.4 is 5.32 Å². The van der Waals surface area contributed by atoms with E-state index in [1.54, 1.807) is 0 Å². The Morgan fingerprint density at radius 1 is 1.48 bits per heavy atom. The topological polar surface area (TPSA) is 107 Å². The fourth-order valence-electron chi connectivity index (χ4n) is 2.95. The zero-order valence-corrected chi connectivity index (χ0v) is 12.8. The van der Waals surface area contributed by atoms with Crippen molar-refractivity contribution in [2.24, 2.45) is 5.92 Å². The Morgan fingerprint density at radius 2 is 2.10 bits per heavy atom. The molecule has 0 aliphatic carbocycles. The van der Waals surface area contributed by atoms with Gasteiger partial charge in [0.2, 0.25) is 11.8 Å². The highest BCUT2D eigenvalue weighted by Gasteiger charge is 2.61. The van der Waals surface area contributed by atoms with Crippen LogP contribution in [0.5, 0.6) is 0 Å². The molecule has 2 amide bonds. The number of carbonyl (C=O) groups excluding carboxylic acids is 2. The monoisotopic (exact) mass is 314 g/mol. The highest BCUT2D eigenvalue weighted by molar-refractivity contribution is 8.03. The van der Waals surface area contributed by atoms with Crippen molar-refractivity contribution in [3.05, 3.63) is 10.6 Å². The van der Waals surface area contributed by atoms with Gasteiger partial charge in [0.05, 0.1) is 24.1 Å². The number of carboxylic acid groups (broad SMARTS) is 1. The van der Waals surface area contributed by atoms with Gasteiger partial charge in [0.1, 0.15) is 5.70 Å². The molecule has 0 spiro atoms. The lowest BCUT2D eigenvalue weighted by molar-refractivity contribution is -0.162. The molecule has 1 saturated heterocycles. The lowest BCUT2D eigenvalue weighted by atomic mass is 9.81. The van der Waals surface area contributed by atoms with Crippen LogP contribution in [0.2, 0.25) is 0 Å². The first-order valence-electron chi connectivity index (χ1n) is 6.69. The molecule has 0 aromatic heterocycles. The van der Waals surface area contributed by atoms with Gasteiger partial charge < -0.3 is 15.5 Å². The summed E-state index contributed by atoms with van der Waals surface area (Å²) < 4.78 is 0. The molecule has 0 aromatic carbocycles. The second kappa shape index (κ2) is 5.69. The average molecular weight is 314 g/mol. The van der Waals surface area contributed by atoms with Gasteiger partial charge in [-0.15, -0.1) is 11.8 Å². The smallest absolute Gasteiger partial charge is 0.353 e. The van der Waals surface area contributed by atoms with Crippen LogP contribution >= 0.6 is 11.8 Å². The quantitative estimate of drug-likeness (QED) is 0.605. The summed E-state index contributed by atoms with van der Waals surface area (Å²) in [4.78, 5) is 36.7. The number of β-lactam (4-membered cyclic amide) rings is 1. The number of rotatable bonds is 5. The number of nitrogens with one attached hydrogen (secondary N) is 1. The summed E-state index contributed by atoms with van der Waals surface area (Å²) in [7, 11) is 0. The van der Waals surface area contributed by atoms with Crippen LogP contribution in [0, 0.1) is 5.92 Å². The first-order chi connectivity index (χ1) is 9.81. The molecule has 21 heavy (non-hydrogen) atoms. The Labute approximate surface area is 126 Å². The molecule has 7 nitrogen and oxygen atoms in total. The minimum Gasteiger partial charge on any atom is -0.477 e. The van der Waals surface area contributed by atoms with Crippen molar-refractivity contribution in [1.82, 2.24) is 10.2 Å². The first kappa shape index (κ1) is 15.8. The molecule has 0 radical (unpaired) electrons. The van der Waals surface area contributed by atoms with Crippen molar-refractivity contribution < 1.29 is 24.6 Å². The van der Waals surface area contributed by atoms with Gasteiger partial charge in [0, 0.05) is 11.8 Å². The number of aliphatic hydroxyl groups is 1. The van der Waals surface area contributed by atoms with Gasteiger partial charge in [-0.2, -0.15) is 0 Å². The maximum Gasteiger partial charge on any atom is 0.353 e. The summed E-state index contributed by atoms with van der Waals surface area (Å²) >= 11 is 1.30. The molecule has 0 saturated carbocycles. The van der Waals surface area contributed by atoms with Crippen LogP contribution in [0.4, 0.5) is 0 Å². The molecule has 3 N–H and O–H groups in total. The van der Waals surface area contributed by atoms with Crippen LogP contribution in [0.25, 0.3) is 0 Å². The maximum absolute atomic E-state index is 12.1. The third kappa shape index (κ3) is 2.42. The summed E-state index contributed by atoms with van der Waals surface area (Å²) in [5, 5.41) is 21.8. The van der Waals surface area contributed by atoms with Crippen molar-refractivity contribution in [3.63, 3.8) is 0 Å². The van der Waals surface area contributed by atoms with E-state index in [2.05, 4.69) is 5.32 Å². The zero-order valence-electron chi connectivity index (χ0n) is 12.0. The largest absolute Gasteiger partial charge is 0.477 e. The second-order valence-electron chi connectivity index (χ2n) is 5.09. The number of carbonyl (C=O) groups is 3. The lowest BCUT2D eigenvalue weighted by Crippen LogP contribution is -2.67. The molecular weight excluding hydrogens is 296 g/mol. The molecule has 4 atom stereocenters. The Hall–Kier alpha value is -1.54. The van der Waals surface area contributed by atoms with Crippen LogP contribution in [0.15, 0.2) is 10.6 Å². The Morgan fingerprint density at radius 3 is 2.52 bits per heavy atom. The molecule has 3 unspecified atom stereocenters. The third-order valence-corrected chi connectivity index (χ3v) is 4.71. The molecule has 2 heterocycles. The van der Waals surface area contributed by atoms with E-state index in [4.69, 9.17) is 0 Å². The normalized spacial score (nSPS) is 29.0. The van der Waals surface area contributed by atoms with E-state index in [0.717, 1.165) is 0 Å². The van der Waals surface area contributed by atoms with E-state index in [9.17, 15) is 24.6 Å². The molecule has 0 bridgehead atoms. The summed E-state index contributed by atoms with van der Waals surface area (Å²) in [5.41, 5.74) is -0.0764. The van der Waals surface area contributed by atoms with Crippen LogP contribution in [-0.4, -0.2) is 56.8 Å². The predicted octanol–water partition coefficient (Wildman–Crippen LogP) is -0.238. The minimum absolute atomic E-state index is 0.0764. The molecule has 0 aromatic rings. The van der Waals surface area contributed by atoms with E-state index in [1.807, 2.05) is 6.92 Å². The number of nitrogens with zero attached hydrogens (tertiary/aromatic N) is 1. The van der Waals surface area contributed by atoms with Crippen LogP contribution in [0.1, 0.15) is 20.8 Å². The molecule has 1 fully saturated rings. The van der Waals surface area contributed by atoms with Crippen LogP contribution in [-0.2, 0) is 14.4 Å². The molecule has 2 aliphatic heterocycles. The maximum atomic E-state index is 12.1. The first-order valence-corrected chi connectivity index (χ1v) is 7.68. The number of carboxylic acids is 1. The molecule has 8 heteroatoms. The van der Waals surface area contributed by atoms with Gasteiger partial charge in [-0.05, 0) is 12.7 Å². The summed E-state index contributed by atoms with van der Waals surface area (Å²) in [6.07, 6.45) is -0.893. The molecule has 2 aliphatic rings. The number of amides is 2. The van der Waals surface area contributed by atoms with Crippen molar-refractivity contribution in [1.29, 1.82) is 0 Å². The zero-order chi connectivity index (χ0) is 15.9. The molecular formula is C13H18N2O5S. The molecule has 2 rings (SSSR count). The van der Waals surface area contributed by atoms with Crippen molar-refractivity contribution in [3.8, 4) is 0 Å². The number of thioether (sulfide) groups is 1. The van der Waals surface area contributed by atoms with E-state index in [-0.39, 0.29) is 11.6 Å². The van der Waals surface area contributed by atoms with Gasteiger partial charge in [0.25, 0.3) is 0 Å². The van der Waals surface area contributed by atoms with Crippen molar-refractivity contribution in [2.45, 2.75) is 39.0 Å². The van der Waals surface area contributed by atoms with Crippen molar-refractivity contribution in [2.75, 3.05) is 5.75 Å². The third-order valence-electron chi connectivity index (χ3n) is 3.67. The van der Waals surface area contributed by atoms with E-state index >= 15 is 0 Å². The predicted molar refractivity (Wildman–Crippen MR) is 76.2 cm³/mol. The second-order valence-corrected chi connectivity index (χ2v) is 6.40. The summed E-state index contributed by atoms with van der Waals surface area (Å²) in [6.45, 7) is 4.71. The van der Waals surface area contributed by atoms with Gasteiger partial charge in [-0.1, -0.05) is 6.92 Å². The molecule has 116 valence electrons. The fraction of sp³-hybridized carbons (Fsp3) is 0.615. The Kier molecular flexibility index (Phi) is 4.29. The van der Waals surface area contributed by atoms with Gasteiger partial charge in [-0.25, -0.2) is 4.79 Å². The summed E-state index contributed by atoms with van der Waals surface area (Å²) in [5.74, 6) is -1.97. The van der Waals surface area contributed by atoms with E-state index in [0.29, 0.717) is 10.7 Å². The highest BCUT2D eigenvalue weighted by Crippen LogP contribution is 2.47. The Bertz CT molecular complexity index is 531. The average Bonchev–Trinajstić information content (AvgIpc) is 2.60.